The van der Waals surface area contributed by atoms with Crippen molar-refractivity contribution in [2.75, 3.05) is 32.8 Å². The van der Waals surface area contributed by atoms with Crippen molar-refractivity contribution in [3.8, 4) is 0 Å². The van der Waals surface area contributed by atoms with E-state index < -0.39 is 104 Å². The maximum Gasteiger partial charge on any atom is 0.239 e. The van der Waals surface area contributed by atoms with Crippen molar-refractivity contribution in [3.05, 3.63) is 0 Å². The highest BCUT2D eigenvalue weighted by molar-refractivity contribution is 5.82. The summed E-state index contributed by atoms with van der Waals surface area (Å²) in [6, 6.07) is -5.43. The van der Waals surface area contributed by atoms with Gasteiger partial charge in [0.15, 0.2) is 18.8 Å². The van der Waals surface area contributed by atoms with Gasteiger partial charge in [-0.1, -0.05) is 0 Å². The summed E-state index contributed by atoms with van der Waals surface area (Å²) in [4.78, 5) is 12.5. The van der Waals surface area contributed by atoms with Gasteiger partial charge in [-0.05, 0) is 32.4 Å². The second kappa shape index (κ2) is 16.2. The lowest BCUT2D eigenvalue weighted by molar-refractivity contribution is -0.306. The van der Waals surface area contributed by atoms with Crippen LogP contribution in [0.5, 0.6) is 0 Å². The van der Waals surface area contributed by atoms with E-state index >= 15 is 4.39 Å². The van der Waals surface area contributed by atoms with Crippen LogP contribution in [0.4, 0.5) is 4.39 Å². The highest BCUT2D eigenvalue weighted by Gasteiger charge is 2.52. The standard InChI is InChI=1S/C24H49FN8O9/c25-16-20(41-23-10(29)5-13(35)14(6-27)39-23)9(28)4-12(33-22(38)11(30)8-34)21(16)42-24-19(37)17(31)18(36)15(40-24)7-32-3-1-2-26/h9-21,23-24,32,34-37H,1-8,26-31H2,(H,33,38). The van der Waals surface area contributed by atoms with Crippen molar-refractivity contribution in [2.45, 2.75) is 111 Å². The van der Waals surface area contributed by atoms with Crippen LogP contribution in [0, 0.1) is 0 Å². The number of rotatable bonds is 13. The summed E-state index contributed by atoms with van der Waals surface area (Å²) in [6.07, 6.45) is -12.4. The first-order valence-electron chi connectivity index (χ1n) is 14.3. The molecule has 17 nitrogen and oxygen atoms in total. The van der Waals surface area contributed by atoms with Crippen LogP contribution in [-0.2, 0) is 23.7 Å². The maximum absolute atomic E-state index is 16.4. The first-order valence-corrected chi connectivity index (χ1v) is 14.3. The minimum atomic E-state index is -2.04. The average molecular weight is 613 g/mol. The van der Waals surface area contributed by atoms with Crippen molar-refractivity contribution in [2.24, 2.45) is 34.4 Å². The molecule has 15 atom stereocenters. The fourth-order valence-corrected chi connectivity index (χ4v) is 5.34. The summed E-state index contributed by atoms with van der Waals surface area (Å²) < 4.78 is 39.7. The van der Waals surface area contributed by atoms with Crippen LogP contribution < -0.4 is 45.0 Å². The molecule has 2 aliphatic heterocycles. The molecule has 0 aromatic carbocycles. The SMILES string of the molecule is NCCCNCC1OC(OC2C(NC(=O)C(N)CO)CC(N)C(OC3OC(CN)C(O)CC3N)C2F)C(O)C(N)C1O. The van der Waals surface area contributed by atoms with Crippen molar-refractivity contribution < 1.29 is 48.6 Å². The molecule has 3 aliphatic rings. The molecule has 42 heavy (non-hydrogen) atoms. The molecule has 246 valence electrons. The number of nitrogens with one attached hydrogen (secondary N) is 2. The minimum absolute atomic E-state index is 0.0280. The summed E-state index contributed by atoms with van der Waals surface area (Å²) in [7, 11) is 0. The van der Waals surface area contributed by atoms with Gasteiger partial charge in [0, 0.05) is 19.1 Å². The van der Waals surface area contributed by atoms with Gasteiger partial charge in [0.1, 0.15) is 30.5 Å². The predicted octanol–water partition coefficient (Wildman–Crippen LogP) is -6.90. The average Bonchev–Trinajstić information content (AvgIpc) is 2.96. The zero-order valence-corrected chi connectivity index (χ0v) is 23.5. The molecule has 0 bridgehead atoms. The normalized spacial score (nSPS) is 43.6. The monoisotopic (exact) mass is 612 g/mol. The fourth-order valence-electron chi connectivity index (χ4n) is 5.34. The van der Waals surface area contributed by atoms with E-state index in [1.807, 2.05) is 0 Å². The van der Waals surface area contributed by atoms with Crippen LogP contribution in [-0.4, -0.2) is 151 Å². The molecule has 3 rings (SSSR count). The lowest BCUT2D eigenvalue weighted by Gasteiger charge is -2.48. The Bertz CT molecular complexity index is 843. The molecule has 0 radical (unpaired) electrons. The third kappa shape index (κ3) is 8.49. The molecule has 1 aliphatic carbocycles. The van der Waals surface area contributed by atoms with E-state index in [0.717, 1.165) is 0 Å². The lowest BCUT2D eigenvalue weighted by Crippen LogP contribution is -2.69. The van der Waals surface area contributed by atoms with Crippen molar-refractivity contribution in [3.63, 3.8) is 0 Å². The van der Waals surface area contributed by atoms with Gasteiger partial charge in [0.2, 0.25) is 5.91 Å². The summed E-state index contributed by atoms with van der Waals surface area (Å²) >= 11 is 0. The van der Waals surface area contributed by atoms with Crippen LogP contribution in [0.15, 0.2) is 0 Å². The second-order valence-electron chi connectivity index (χ2n) is 11.1. The Morgan fingerprint density at radius 2 is 1.64 bits per heavy atom. The minimum Gasteiger partial charge on any atom is -0.394 e. The number of carbonyl (C=O) groups excluding carboxylic acids is 1. The van der Waals surface area contributed by atoms with Gasteiger partial charge in [0.25, 0.3) is 0 Å². The summed E-state index contributed by atoms with van der Waals surface area (Å²) in [5.41, 5.74) is 35.2. The topological polar surface area (TPSA) is 315 Å². The van der Waals surface area contributed by atoms with Crippen molar-refractivity contribution in [1.29, 1.82) is 0 Å². The van der Waals surface area contributed by atoms with E-state index in [4.69, 9.17) is 53.3 Å². The number of aliphatic hydroxyl groups excluding tert-OH is 4. The number of carbonyl (C=O) groups is 1. The summed E-state index contributed by atoms with van der Waals surface area (Å²) in [5.74, 6) is -0.786. The molecular formula is C24H49FN8O9. The van der Waals surface area contributed by atoms with Gasteiger partial charge < -0.3 is 84.4 Å². The Kier molecular flexibility index (Phi) is 13.6. The number of ether oxygens (including phenoxy) is 4. The number of hydrogen-bond acceptors (Lipinski definition) is 16. The first-order chi connectivity index (χ1) is 19.9. The number of halogens is 1. The molecule has 2 saturated heterocycles. The quantitative estimate of drug-likeness (QED) is 0.0859. The zero-order chi connectivity index (χ0) is 31.1. The molecule has 15 unspecified atom stereocenters. The highest BCUT2D eigenvalue weighted by Crippen LogP contribution is 2.33. The number of amides is 1. The van der Waals surface area contributed by atoms with Gasteiger partial charge in [0.05, 0.1) is 43.0 Å². The Balaban J connectivity index is 1.81. The van der Waals surface area contributed by atoms with E-state index in [0.29, 0.717) is 19.5 Å². The molecule has 0 spiro atoms. The molecular weight excluding hydrogens is 563 g/mol. The van der Waals surface area contributed by atoms with Crippen molar-refractivity contribution >= 4 is 5.91 Å². The van der Waals surface area contributed by atoms with E-state index in [2.05, 4.69) is 10.6 Å². The van der Waals surface area contributed by atoms with Gasteiger partial charge in [-0.15, -0.1) is 0 Å². The number of nitrogens with two attached hydrogens (primary N) is 6. The second-order valence-corrected chi connectivity index (χ2v) is 11.1. The number of aliphatic hydroxyl groups is 4. The number of alkyl halides is 1. The summed E-state index contributed by atoms with van der Waals surface area (Å²) in [6.45, 7) is 0.429. The van der Waals surface area contributed by atoms with E-state index in [9.17, 15) is 25.2 Å². The molecule has 18 N–H and O–H groups in total. The predicted molar refractivity (Wildman–Crippen MR) is 146 cm³/mol. The van der Waals surface area contributed by atoms with Crippen LogP contribution >= 0.6 is 0 Å². The number of hydrogen-bond donors (Lipinski definition) is 12. The summed E-state index contributed by atoms with van der Waals surface area (Å²) in [5, 5.41) is 46.4. The van der Waals surface area contributed by atoms with Crippen LogP contribution in [0.2, 0.25) is 0 Å². The lowest BCUT2D eigenvalue weighted by atomic mass is 9.84. The molecule has 18 heteroatoms. The van der Waals surface area contributed by atoms with Crippen LogP contribution in [0.3, 0.4) is 0 Å². The van der Waals surface area contributed by atoms with E-state index in [1.54, 1.807) is 0 Å². The van der Waals surface area contributed by atoms with Gasteiger partial charge >= 0.3 is 0 Å². The van der Waals surface area contributed by atoms with Gasteiger partial charge in [-0.2, -0.15) is 0 Å². The third-order valence-electron chi connectivity index (χ3n) is 7.91. The molecule has 0 aromatic heterocycles. The van der Waals surface area contributed by atoms with Crippen LogP contribution in [0.25, 0.3) is 0 Å². The van der Waals surface area contributed by atoms with E-state index in [-0.39, 0.29) is 25.9 Å². The zero-order valence-electron chi connectivity index (χ0n) is 23.5. The van der Waals surface area contributed by atoms with E-state index in [1.165, 1.54) is 0 Å². The maximum atomic E-state index is 16.4. The molecule has 1 amide bonds. The largest absolute Gasteiger partial charge is 0.394 e. The smallest absolute Gasteiger partial charge is 0.239 e. The molecule has 3 fully saturated rings. The fraction of sp³-hybridized carbons (Fsp3) is 0.958. The van der Waals surface area contributed by atoms with Crippen LogP contribution in [0.1, 0.15) is 19.3 Å². The molecule has 1 saturated carbocycles. The first kappa shape index (κ1) is 35.3. The van der Waals surface area contributed by atoms with Gasteiger partial charge in [-0.25, -0.2) is 4.39 Å². The Labute approximate surface area is 243 Å². The van der Waals surface area contributed by atoms with Gasteiger partial charge in [-0.3, -0.25) is 4.79 Å². The Morgan fingerprint density at radius 1 is 0.976 bits per heavy atom. The third-order valence-corrected chi connectivity index (χ3v) is 7.91. The molecule has 2 heterocycles. The Morgan fingerprint density at radius 3 is 2.29 bits per heavy atom. The highest BCUT2D eigenvalue weighted by atomic mass is 19.1. The molecule has 0 aromatic rings. The Hall–Kier alpha value is -1.20. The van der Waals surface area contributed by atoms with Crippen molar-refractivity contribution in [1.82, 2.24) is 10.6 Å².